The van der Waals surface area contributed by atoms with E-state index >= 15 is 0 Å². The van der Waals surface area contributed by atoms with Crippen molar-refractivity contribution in [3.8, 4) is 5.88 Å². The molecule has 7 rings (SSSR count). The molecule has 230 valence electrons. The van der Waals surface area contributed by atoms with Crippen molar-refractivity contribution < 1.29 is 28.2 Å². The standard InChI is InChI=1S/C32H40FN5O5/c33-26-5-2-1-4-25(26)31(40)37-14-15-42-16-17-43-29-7-3-6-27(35-29)30(39)34-24-18-28(38(21-24)20-22-8-9-22)32(41)36-12-10-23(19-37)11-13-36/h1-7,22-24,28H,8-21H2,(H,34,39)/t24-,28-/m0/s1. The Bertz CT molecular complexity index is 1310. The third-order valence-corrected chi connectivity index (χ3v) is 8.95. The van der Waals surface area contributed by atoms with E-state index in [0.29, 0.717) is 50.9 Å². The molecule has 11 heteroatoms. The molecule has 5 heterocycles. The number of likely N-dealkylation sites (tertiary alicyclic amines) is 1. The number of piperidine rings is 1. The van der Waals surface area contributed by atoms with E-state index < -0.39 is 5.82 Å². The molecule has 4 aliphatic heterocycles. The van der Waals surface area contributed by atoms with Gasteiger partial charge in [0.25, 0.3) is 11.8 Å². The fraction of sp³-hybridized carbons (Fsp3) is 0.562. The second-order valence-corrected chi connectivity index (χ2v) is 12.1. The molecular formula is C32H40FN5O5. The molecular weight excluding hydrogens is 553 g/mol. The number of carbonyl (C=O) groups excluding carboxylic acids is 3. The average Bonchev–Trinajstić information content (AvgIpc) is 3.75. The first kappa shape index (κ1) is 29.5. The summed E-state index contributed by atoms with van der Waals surface area (Å²) in [6.07, 6.45) is 4.46. The molecule has 10 nitrogen and oxygen atoms in total. The van der Waals surface area contributed by atoms with Gasteiger partial charge in [-0.25, -0.2) is 9.37 Å². The highest BCUT2D eigenvalue weighted by molar-refractivity contribution is 5.94. The van der Waals surface area contributed by atoms with Crippen molar-refractivity contribution >= 4 is 17.7 Å². The molecule has 1 saturated carbocycles. The molecule has 1 N–H and O–H groups in total. The maximum atomic E-state index is 14.5. The summed E-state index contributed by atoms with van der Waals surface area (Å²) in [5.74, 6) is 0.0519. The fourth-order valence-corrected chi connectivity index (χ4v) is 6.40. The van der Waals surface area contributed by atoms with Crippen LogP contribution in [0, 0.1) is 17.7 Å². The van der Waals surface area contributed by atoms with Gasteiger partial charge in [0.15, 0.2) is 0 Å². The van der Waals surface area contributed by atoms with Crippen molar-refractivity contribution in [3.05, 3.63) is 59.5 Å². The van der Waals surface area contributed by atoms with Gasteiger partial charge in [0, 0.05) is 51.4 Å². The Kier molecular flexibility index (Phi) is 9.18. The van der Waals surface area contributed by atoms with Gasteiger partial charge in [-0.15, -0.1) is 0 Å². The molecule has 6 bridgehead atoms. The second-order valence-electron chi connectivity index (χ2n) is 12.1. The third kappa shape index (κ3) is 7.33. The Balaban J connectivity index is 1.19. The van der Waals surface area contributed by atoms with Gasteiger partial charge in [-0.05, 0) is 62.1 Å². The first-order valence-corrected chi connectivity index (χ1v) is 15.5. The SMILES string of the molecule is O=C1N[C@H]2C[C@@H](C(=O)N3CCC(CC3)CN(C(=O)c3ccccc3F)CCOCCOc3cccc1n3)N(CC1CC1)C2. The topological polar surface area (TPSA) is 104 Å². The van der Waals surface area contributed by atoms with Crippen molar-refractivity contribution in [1.82, 2.24) is 25.0 Å². The highest BCUT2D eigenvalue weighted by Gasteiger charge is 2.42. The Morgan fingerprint density at radius 2 is 1.77 bits per heavy atom. The summed E-state index contributed by atoms with van der Waals surface area (Å²) in [4.78, 5) is 50.6. The number of pyridine rings is 1. The first-order valence-electron chi connectivity index (χ1n) is 15.5. The molecule has 5 aliphatic rings. The van der Waals surface area contributed by atoms with E-state index in [9.17, 15) is 18.8 Å². The lowest BCUT2D eigenvalue weighted by Gasteiger charge is -2.37. The zero-order chi connectivity index (χ0) is 29.8. The maximum Gasteiger partial charge on any atom is 0.270 e. The van der Waals surface area contributed by atoms with E-state index in [-0.39, 0.29) is 66.8 Å². The van der Waals surface area contributed by atoms with Crippen LogP contribution in [0.4, 0.5) is 4.39 Å². The lowest BCUT2D eigenvalue weighted by molar-refractivity contribution is -0.137. The number of carbonyl (C=O) groups is 3. The smallest absolute Gasteiger partial charge is 0.270 e. The van der Waals surface area contributed by atoms with Crippen molar-refractivity contribution in [2.75, 3.05) is 59.1 Å². The molecule has 0 unspecified atom stereocenters. The van der Waals surface area contributed by atoms with Crippen LogP contribution in [0.25, 0.3) is 0 Å². The number of aromatic nitrogens is 1. The van der Waals surface area contributed by atoms with E-state index in [1.54, 1.807) is 35.2 Å². The Morgan fingerprint density at radius 1 is 0.953 bits per heavy atom. The minimum Gasteiger partial charge on any atom is -0.475 e. The van der Waals surface area contributed by atoms with Gasteiger partial charge in [0.05, 0.1) is 24.8 Å². The minimum atomic E-state index is -0.544. The zero-order valence-corrected chi connectivity index (χ0v) is 24.5. The van der Waals surface area contributed by atoms with Crippen molar-refractivity contribution in [2.24, 2.45) is 11.8 Å². The van der Waals surface area contributed by atoms with Gasteiger partial charge < -0.3 is 24.6 Å². The molecule has 1 aliphatic carbocycles. The summed E-state index contributed by atoms with van der Waals surface area (Å²) in [5, 5.41) is 3.11. The van der Waals surface area contributed by atoms with Crippen LogP contribution in [0.3, 0.4) is 0 Å². The molecule has 2 aromatic rings. The van der Waals surface area contributed by atoms with E-state index in [1.807, 2.05) is 4.90 Å². The lowest BCUT2D eigenvalue weighted by Crippen LogP contribution is -2.50. The third-order valence-electron chi connectivity index (χ3n) is 8.95. The van der Waals surface area contributed by atoms with E-state index in [1.165, 1.54) is 25.0 Å². The van der Waals surface area contributed by atoms with Crippen molar-refractivity contribution in [3.63, 3.8) is 0 Å². The number of nitrogens with zero attached hydrogens (tertiary/aromatic N) is 4. The van der Waals surface area contributed by atoms with Crippen LogP contribution in [0.1, 0.15) is 53.0 Å². The average molecular weight is 594 g/mol. The van der Waals surface area contributed by atoms with Gasteiger partial charge in [-0.2, -0.15) is 0 Å². The normalized spacial score (nSPS) is 26.0. The van der Waals surface area contributed by atoms with Crippen LogP contribution < -0.4 is 10.1 Å². The number of benzene rings is 1. The summed E-state index contributed by atoms with van der Waals surface area (Å²) >= 11 is 0. The van der Waals surface area contributed by atoms with E-state index in [0.717, 1.165) is 19.4 Å². The number of amides is 3. The van der Waals surface area contributed by atoms with Crippen LogP contribution in [-0.4, -0.2) is 109 Å². The predicted octanol–water partition coefficient (Wildman–Crippen LogP) is 2.59. The molecule has 3 amide bonds. The second kappa shape index (κ2) is 13.4. The Labute approximate surface area is 251 Å². The molecule has 1 aromatic carbocycles. The van der Waals surface area contributed by atoms with Gasteiger partial charge in [-0.3, -0.25) is 19.3 Å². The van der Waals surface area contributed by atoms with Crippen LogP contribution in [0.5, 0.6) is 5.88 Å². The summed E-state index contributed by atoms with van der Waals surface area (Å²) < 4.78 is 26.0. The molecule has 0 spiro atoms. The Morgan fingerprint density at radius 3 is 2.56 bits per heavy atom. The van der Waals surface area contributed by atoms with Gasteiger partial charge >= 0.3 is 0 Å². The highest BCUT2D eigenvalue weighted by atomic mass is 19.1. The zero-order valence-electron chi connectivity index (χ0n) is 24.5. The van der Waals surface area contributed by atoms with Crippen molar-refractivity contribution in [1.29, 1.82) is 0 Å². The Hall–Kier alpha value is -3.57. The number of nitrogens with one attached hydrogen (secondary N) is 1. The van der Waals surface area contributed by atoms with Crippen LogP contribution in [0.15, 0.2) is 42.5 Å². The molecule has 2 saturated heterocycles. The molecule has 3 fully saturated rings. The van der Waals surface area contributed by atoms with E-state index in [4.69, 9.17) is 9.47 Å². The summed E-state index contributed by atoms with van der Waals surface area (Å²) in [6.45, 7) is 4.25. The lowest BCUT2D eigenvalue weighted by atomic mass is 9.95. The molecule has 1 aromatic heterocycles. The largest absolute Gasteiger partial charge is 0.475 e. The quantitative estimate of drug-likeness (QED) is 0.546. The molecule has 0 radical (unpaired) electrons. The molecule has 2 atom stereocenters. The molecule has 43 heavy (non-hydrogen) atoms. The predicted molar refractivity (Wildman–Crippen MR) is 156 cm³/mol. The van der Waals surface area contributed by atoms with Crippen LogP contribution in [0.2, 0.25) is 0 Å². The first-order chi connectivity index (χ1) is 20.9. The number of hydrogen-bond acceptors (Lipinski definition) is 7. The number of hydrogen-bond donors (Lipinski definition) is 1. The number of fused-ring (bicyclic) bond motifs is 10. The maximum absolute atomic E-state index is 14.5. The van der Waals surface area contributed by atoms with Crippen LogP contribution in [-0.2, 0) is 9.53 Å². The van der Waals surface area contributed by atoms with Crippen LogP contribution >= 0.6 is 0 Å². The monoisotopic (exact) mass is 593 g/mol. The van der Waals surface area contributed by atoms with Gasteiger partial charge in [0.1, 0.15) is 18.1 Å². The van der Waals surface area contributed by atoms with Gasteiger partial charge in [-0.1, -0.05) is 18.2 Å². The highest BCUT2D eigenvalue weighted by Crippen LogP contribution is 2.33. The number of halogens is 1. The minimum absolute atomic E-state index is 0.0459. The number of rotatable bonds is 3. The van der Waals surface area contributed by atoms with Crippen molar-refractivity contribution in [2.45, 2.75) is 44.2 Å². The summed E-state index contributed by atoms with van der Waals surface area (Å²) in [6, 6.07) is 10.7. The van der Waals surface area contributed by atoms with Gasteiger partial charge in [0.2, 0.25) is 11.8 Å². The number of ether oxygens (including phenoxy) is 2. The fourth-order valence-electron chi connectivity index (χ4n) is 6.40. The summed E-state index contributed by atoms with van der Waals surface area (Å²) in [5.41, 5.74) is 0.307. The van der Waals surface area contributed by atoms with E-state index in [2.05, 4.69) is 15.2 Å². The summed E-state index contributed by atoms with van der Waals surface area (Å²) in [7, 11) is 0.